The highest BCUT2D eigenvalue weighted by molar-refractivity contribution is 7.89. The van der Waals surface area contributed by atoms with Gasteiger partial charge in [0.1, 0.15) is 13.2 Å². The highest BCUT2D eigenvalue weighted by Crippen LogP contribution is 2.15. The second-order valence-corrected chi connectivity index (χ2v) is 7.43. The smallest absolute Gasteiger partial charge is 0.338 e. The van der Waals surface area contributed by atoms with Gasteiger partial charge in [-0.25, -0.2) is 22.3 Å². The van der Waals surface area contributed by atoms with Crippen molar-refractivity contribution >= 4 is 16.0 Å². The summed E-state index contributed by atoms with van der Waals surface area (Å²) < 4.78 is 50.4. The Morgan fingerprint density at radius 1 is 1.12 bits per heavy atom. The fourth-order valence-corrected chi connectivity index (χ4v) is 3.40. The summed E-state index contributed by atoms with van der Waals surface area (Å²) >= 11 is 0. The van der Waals surface area contributed by atoms with E-state index in [4.69, 9.17) is 9.47 Å². The van der Waals surface area contributed by atoms with E-state index in [2.05, 4.69) is 4.72 Å². The molecule has 26 heavy (non-hydrogen) atoms. The number of sulfonamides is 1. The number of benzene rings is 2. The molecule has 0 spiro atoms. The van der Waals surface area contributed by atoms with E-state index >= 15 is 0 Å². The molecule has 0 amide bonds. The first kappa shape index (κ1) is 19.9. The van der Waals surface area contributed by atoms with E-state index in [1.165, 1.54) is 42.5 Å². The van der Waals surface area contributed by atoms with Crippen LogP contribution in [-0.2, 0) is 14.8 Å². The number of hydrogen-bond donors (Lipinski definition) is 1. The standard InChI is InChI=1S/C18H20FNO5S/c1-13(2)20-26(22,23)15-7-5-6-14(12-15)18(21)25-11-10-24-17-9-4-3-8-16(17)19/h3-9,12-13,20H,10-11H2,1-2H3. The fraction of sp³-hybridized carbons (Fsp3) is 0.278. The molecular weight excluding hydrogens is 361 g/mol. The molecule has 6 nitrogen and oxygen atoms in total. The minimum Gasteiger partial charge on any atom is -0.487 e. The van der Waals surface area contributed by atoms with Crippen molar-refractivity contribution in [3.05, 3.63) is 59.9 Å². The molecule has 0 aromatic heterocycles. The Kier molecular flexibility index (Phi) is 6.70. The van der Waals surface area contributed by atoms with Crippen molar-refractivity contribution in [2.45, 2.75) is 24.8 Å². The third-order valence-corrected chi connectivity index (χ3v) is 4.84. The highest BCUT2D eigenvalue weighted by atomic mass is 32.2. The maximum atomic E-state index is 13.4. The normalized spacial score (nSPS) is 11.4. The van der Waals surface area contributed by atoms with Gasteiger partial charge in [0.25, 0.3) is 0 Å². The van der Waals surface area contributed by atoms with Crippen LogP contribution in [0.25, 0.3) is 0 Å². The molecule has 0 saturated heterocycles. The number of ether oxygens (including phenoxy) is 2. The number of hydrogen-bond acceptors (Lipinski definition) is 5. The van der Waals surface area contributed by atoms with E-state index in [0.29, 0.717) is 0 Å². The maximum Gasteiger partial charge on any atom is 0.338 e. The average Bonchev–Trinajstić information content (AvgIpc) is 2.59. The maximum absolute atomic E-state index is 13.4. The average molecular weight is 381 g/mol. The summed E-state index contributed by atoms with van der Waals surface area (Å²) in [5, 5.41) is 0. The van der Waals surface area contributed by atoms with E-state index in [-0.39, 0.29) is 35.5 Å². The number of carbonyl (C=O) groups excluding carboxylic acids is 1. The van der Waals surface area contributed by atoms with Crippen LogP contribution in [-0.4, -0.2) is 33.6 Å². The third kappa shape index (κ3) is 5.53. The van der Waals surface area contributed by atoms with Gasteiger partial charge in [-0.15, -0.1) is 0 Å². The highest BCUT2D eigenvalue weighted by Gasteiger charge is 2.17. The molecule has 0 atom stereocenters. The van der Waals surface area contributed by atoms with Gasteiger partial charge in [0.15, 0.2) is 11.6 Å². The fourth-order valence-electron chi connectivity index (χ4n) is 2.10. The molecule has 0 bridgehead atoms. The second-order valence-electron chi connectivity index (χ2n) is 5.72. The molecule has 1 N–H and O–H groups in total. The zero-order valence-electron chi connectivity index (χ0n) is 14.4. The molecule has 0 saturated carbocycles. The predicted molar refractivity (Wildman–Crippen MR) is 94.1 cm³/mol. The lowest BCUT2D eigenvalue weighted by atomic mass is 10.2. The molecule has 140 valence electrons. The molecule has 0 aliphatic carbocycles. The van der Waals surface area contributed by atoms with Gasteiger partial charge >= 0.3 is 5.97 Å². The summed E-state index contributed by atoms with van der Waals surface area (Å²) in [6.45, 7) is 3.27. The van der Waals surface area contributed by atoms with Crippen molar-refractivity contribution in [2.24, 2.45) is 0 Å². The van der Waals surface area contributed by atoms with Gasteiger partial charge in [0.05, 0.1) is 10.5 Å². The number of nitrogens with one attached hydrogen (secondary N) is 1. The monoisotopic (exact) mass is 381 g/mol. The molecule has 2 rings (SSSR count). The van der Waals surface area contributed by atoms with Crippen molar-refractivity contribution in [1.82, 2.24) is 4.72 Å². The van der Waals surface area contributed by atoms with Crippen LogP contribution >= 0.6 is 0 Å². The molecule has 2 aromatic rings. The van der Waals surface area contributed by atoms with Crippen molar-refractivity contribution < 1.29 is 27.1 Å². The van der Waals surface area contributed by atoms with E-state index in [1.54, 1.807) is 19.9 Å². The van der Waals surface area contributed by atoms with Crippen LogP contribution in [0.15, 0.2) is 53.4 Å². The van der Waals surface area contributed by atoms with E-state index in [0.717, 1.165) is 0 Å². The van der Waals surface area contributed by atoms with Crippen LogP contribution in [0.2, 0.25) is 0 Å². The van der Waals surface area contributed by atoms with E-state index < -0.39 is 21.8 Å². The van der Waals surface area contributed by atoms with Gasteiger partial charge in [-0.2, -0.15) is 0 Å². The first-order chi connectivity index (χ1) is 12.3. The number of esters is 1. The molecule has 0 aliphatic heterocycles. The Morgan fingerprint density at radius 2 is 1.85 bits per heavy atom. The van der Waals surface area contributed by atoms with Gasteiger partial charge in [-0.1, -0.05) is 18.2 Å². The summed E-state index contributed by atoms with van der Waals surface area (Å²) in [4.78, 5) is 12.0. The van der Waals surface area contributed by atoms with Crippen molar-refractivity contribution in [1.29, 1.82) is 0 Å². The van der Waals surface area contributed by atoms with Crippen LogP contribution < -0.4 is 9.46 Å². The van der Waals surface area contributed by atoms with E-state index in [9.17, 15) is 17.6 Å². The van der Waals surface area contributed by atoms with Crippen LogP contribution in [0.3, 0.4) is 0 Å². The SMILES string of the molecule is CC(C)NS(=O)(=O)c1cccc(C(=O)OCCOc2ccccc2F)c1. The van der Waals surface area contributed by atoms with Crippen LogP contribution in [0.5, 0.6) is 5.75 Å². The lowest BCUT2D eigenvalue weighted by molar-refractivity contribution is 0.0448. The molecular formula is C18H20FNO5S. The zero-order valence-corrected chi connectivity index (χ0v) is 15.3. The Balaban J connectivity index is 1.94. The molecule has 0 fully saturated rings. The quantitative estimate of drug-likeness (QED) is 0.562. The topological polar surface area (TPSA) is 81.7 Å². The number of rotatable bonds is 8. The third-order valence-electron chi connectivity index (χ3n) is 3.18. The first-order valence-electron chi connectivity index (χ1n) is 7.96. The predicted octanol–water partition coefficient (Wildman–Crippen LogP) is 2.75. The Morgan fingerprint density at radius 3 is 2.54 bits per heavy atom. The number of carbonyl (C=O) groups is 1. The molecule has 2 aromatic carbocycles. The van der Waals surface area contributed by atoms with Crippen LogP contribution in [0, 0.1) is 5.82 Å². The molecule has 8 heteroatoms. The molecule has 0 heterocycles. The first-order valence-corrected chi connectivity index (χ1v) is 9.45. The van der Waals surface area contributed by atoms with E-state index in [1.807, 2.05) is 0 Å². The lowest BCUT2D eigenvalue weighted by Crippen LogP contribution is -2.30. The van der Waals surface area contributed by atoms with Crippen molar-refractivity contribution in [3.8, 4) is 5.75 Å². The second kappa shape index (κ2) is 8.77. The zero-order chi connectivity index (χ0) is 19.2. The number of halogens is 1. The van der Waals surface area contributed by atoms with Gasteiger partial charge < -0.3 is 9.47 Å². The molecule has 0 unspecified atom stereocenters. The summed E-state index contributed by atoms with van der Waals surface area (Å²) in [5.41, 5.74) is 0.0996. The largest absolute Gasteiger partial charge is 0.487 e. The molecule has 0 radical (unpaired) electrons. The number of para-hydroxylation sites is 1. The summed E-state index contributed by atoms with van der Waals surface area (Å²) in [6.07, 6.45) is 0. The van der Waals surface area contributed by atoms with Crippen molar-refractivity contribution in [3.63, 3.8) is 0 Å². The van der Waals surface area contributed by atoms with Gasteiger partial charge in [-0.05, 0) is 44.2 Å². The van der Waals surface area contributed by atoms with Gasteiger partial charge in [-0.3, -0.25) is 0 Å². The molecule has 0 aliphatic rings. The van der Waals surface area contributed by atoms with Crippen LogP contribution in [0.1, 0.15) is 24.2 Å². The Labute approximate surface area is 152 Å². The Hall–Kier alpha value is -2.45. The van der Waals surface area contributed by atoms with Crippen LogP contribution in [0.4, 0.5) is 4.39 Å². The summed E-state index contributed by atoms with van der Waals surface area (Å²) in [6, 6.07) is 11.2. The van der Waals surface area contributed by atoms with Crippen molar-refractivity contribution in [2.75, 3.05) is 13.2 Å². The summed E-state index contributed by atoms with van der Waals surface area (Å²) in [5.74, 6) is -1.13. The van der Waals surface area contributed by atoms with Gasteiger partial charge in [0, 0.05) is 6.04 Å². The Bertz CT molecular complexity index is 867. The summed E-state index contributed by atoms with van der Waals surface area (Å²) in [7, 11) is -3.71. The minimum absolute atomic E-state index is 0.0248. The van der Waals surface area contributed by atoms with Gasteiger partial charge in [0.2, 0.25) is 10.0 Å². The lowest BCUT2D eigenvalue weighted by Gasteiger charge is -2.11. The minimum atomic E-state index is -3.71.